The van der Waals surface area contributed by atoms with Gasteiger partial charge < -0.3 is 15.2 Å². The maximum Gasteiger partial charge on any atom is 0.160 e. The highest BCUT2D eigenvalue weighted by Crippen LogP contribution is 2.32. The Hall–Kier alpha value is -0.870. The van der Waals surface area contributed by atoms with Gasteiger partial charge in [0, 0.05) is 17.3 Å². The van der Waals surface area contributed by atoms with Crippen molar-refractivity contribution in [3.63, 3.8) is 0 Å². The van der Waals surface area contributed by atoms with Gasteiger partial charge in [-0.2, -0.15) is 11.8 Å². The number of methoxy groups -OCH3 is 1. The van der Waals surface area contributed by atoms with Crippen LogP contribution in [-0.4, -0.2) is 29.8 Å². The Kier molecular flexibility index (Phi) is 6.69. The Morgan fingerprint density at radius 2 is 2.00 bits per heavy atom. The molecular formula is C16H27NO2S. The molecule has 1 unspecified atom stereocenters. The molecule has 3 nitrogen and oxygen atoms in total. The number of rotatable bonds is 8. The van der Waals surface area contributed by atoms with Gasteiger partial charge >= 0.3 is 0 Å². The van der Waals surface area contributed by atoms with E-state index in [1.54, 1.807) is 13.2 Å². The molecule has 1 aromatic rings. The van der Waals surface area contributed by atoms with Crippen molar-refractivity contribution >= 4 is 11.8 Å². The Labute approximate surface area is 127 Å². The lowest BCUT2D eigenvalue weighted by atomic mass is 10.0. The van der Waals surface area contributed by atoms with Gasteiger partial charge in [0.2, 0.25) is 0 Å². The van der Waals surface area contributed by atoms with E-state index in [2.05, 4.69) is 32.3 Å². The Morgan fingerprint density at radius 1 is 1.35 bits per heavy atom. The average Bonchev–Trinajstić information content (AvgIpc) is 2.49. The molecule has 0 aromatic heterocycles. The predicted molar refractivity (Wildman–Crippen MR) is 87.9 cm³/mol. The van der Waals surface area contributed by atoms with Crippen LogP contribution in [0.5, 0.6) is 11.5 Å². The summed E-state index contributed by atoms with van der Waals surface area (Å²) in [5, 5.41) is 13.2. The number of phenolic OH excluding ortho intramolecular Hbond substituents is 1. The van der Waals surface area contributed by atoms with Crippen LogP contribution < -0.4 is 10.1 Å². The zero-order chi connectivity index (χ0) is 15.2. The van der Waals surface area contributed by atoms with E-state index in [9.17, 15) is 5.11 Å². The molecule has 0 aliphatic carbocycles. The van der Waals surface area contributed by atoms with Gasteiger partial charge in [0.25, 0.3) is 0 Å². The van der Waals surface area contributed by atoms with Crippen LogP contribution >= 0.6 is 11.8 Å². The molecule has 0 fully saturated rings. The van der Waals surface area contributed by atoms with Crippen molar-refractivity contribution in [1.82, 2.24) is 5.32 Å². The molecule has 4 heteroatoms. The van der Waals surface area contributed by atoms with E-state index >= 15 is 0 Å². The monoisotopic (exact) mass is 297 g/mol. The molecule has 2 N–H and O–H groups in total. The highest BCUT2D eigenvalue weighted by molar-refractivity contribution is 8.00. The van der Waals surface area contributed by atoms with E-state index in [1.165, 1.54) is 0 Å². The lowest BCUT2D eigenvalue weighted by molar-refractivity contribution is 0.372. The molecule has 20 heavy (non-hydrogen) atoms. The van der Waals surface area contributed by atoms with Crippen LogP contribution in [0.25, 0.3) is 0 Å². The minimum Gasteiger partial charge on any atom is -0.504 e. The number of phenols is 1. The highest BCUT2D eigenvalue weighted by Gasteiger charge is 2.25. The molecule has 0 aliphatic heterocycles. The quantitative estimate of drug-likeness (QED) is 0.762. The Balaban J connectivity index is 2.74. The molecule has 0 spiro atoms. The van der Waals surface area contributed by atoms with Gasteiger partial charge in [0.1, 0.15) is 0 Å². The zero-order valence-electron chi connectivity index (χ0n) is 13.2. The zero-order valence-corrected chi connectivity index (χ0v) is 14.0. The first kappa shape index (κ1) is 17.2. The maximum atomic E-state index is 9.64. The molecule has 1 atom stereocenters. The first-order chi connectivity index (χ1) is 9.51. The number of hydrogen-bond donors (Lipinski definition) is 2. The molecule has 1 rings (SSSR count). The van der Waals surface area contributed by atoms with E-state index in [1.807, 2.05) is 23.9 Å². The van der Waals surface area contributed by atoms with Crippen LogP contribution in [0.15, 0.2) is 18.2 Å². The fraction of sp³-hybridized carbons (Fsp3) is 0.625. The van der Waals surface area contributed by atoms with Gasteiger partial charge in [0.05, 0.1) is 7.11 Å². The van der Waals surface area contributed by atoms with Crippen LogP contribution in [0.1, 0.15) is 45.2 Å². The van der Waals surface area contributed by atoms with Gasteiger partial charge in [-0.1, -0.05) is 19.9 Å². The molecule has 1 aromatic carbocycles. The van der Waals surface area contributed by atoms with Crippen molar-refractivity contribution in [2.75, 3.05) is 19.9 Å². The predicted octanol–water partition coefficient (Wildman–Crippen LogP) is 3.97. The summed E-state index contributed by atoms with van der Waals surface area (Å²) in [5.74, 6) is 0.710. The minimum atomic E-state index is 0.184. The summed E-state index contributed by atoms with van der Waals surface area (Å²) in [5.41, 5.74) is 1.13. The topological polar surface area (TPSA) is 41.5 Å². The van der Waals surface area contributed by atoms with Crippen LogP contribution in [0.2, 0.25) is 0 Å². The summed E-state index contributed by atoms with van der Waals surface area (Å²) in [6, 6.07) is 5.75. The van der Waals surface area contributed by atoms with Crippen molar-refractivity contribution in [2.45, 2.75) is 44.4 Å². The van der Waals surface area contributed by atoms with Crippen LogP contribution in [0.4, 0.5) is 0 Å². The van der Waals surface area contributed by atoms with E-state index in [-0.39, 0.29) is 11.8 Å². The number of aromatic hydroxyl groups is 1. The van der Waals surface area contributed by atoms with Crippen LogP contribution in [0, 0.1) is 0 Å². The summed E-state index contributed by atoms with van der Waals surface area (Å²) < 4.78 is 5.46. The molecular weight excluding hydrogens is 270 g/mol. The van der Waals surface area contributed by atoms with E-state index in [0.717, 1.165) is 24.9 Å². The second kappa shape index (κ2) is 7.79. The average molecular weight is 297 g/mol. The molecule has 0 heterocycles. The van der Waals surface area contributed by atoms with E-state index in [0.29, 0.717) is 10.5 Å². The van der Waals surface area contributed by atoms with Crippen molar-refractivity contribution in [3.8, 4) is 11.5 Å². The molecule has 0 saturated heterocycles. The molecule has 0 saturated carbocycles. The second-order valence-corrected chi connectivity index (χ2v) is 6.40. The Morgan fingerprint density at radius 3 is 2.50 bits per heavy atom. The van der Waals surface area contributed by atoms with Crippen LogP contribution in [-0.2, 0) is 0 Å². The molecule has 114 valence electrons. The van der Waals surface area contributed by atoms with E-state index < -0.39 is 0 Å². The van der Waals surface area contributed by atoms with Gasteiger partial charge in [-0.15, -0.1) is 0 Å². The second-order valence-electron chi connectivity index (χ2n) is 5.13. The highest BCUT2D eigenvalue weighted by atomic mass is 32.2. The first-order valence-electron chi connectivity index (χ1n) is 7.17. The normalized spacial score (nSPS) is 13.2. The third-order valence-corrected chi connectivity index (χ3v) is 5.74. The van der Waals surface area contributed by atoms with Crippen molar-refractivity contribution < 1.29 is 9.84 Å². The van der Waals surface area contributed by atoms with Crippen molar-refractivity contribution in [1.29, 1.82) is 0 Å². The lowest BCUT2D eigenvalue weighted by Crippen LogP contribution is -2.37. The smallest absolute Gasteiger partial charge is 0.160 e. The van der Waals surface area contributed by atoms with Crippen molar-refractivity contribution in [2.24, 2.45) is 0 Å². The fourth-order valence-electron chi connectivity index (χ4n) is 2.28. The first-order valence-corrected chi connectivity index (χ1v) is 8.39. The van der Waals surface area contributed by atoms with Gasteiger partial charge in [-0.3, -0.25) is 0 Å². The maximum absolute atomic E-state index is 9.64. The standard InChI is InChI=1S/C16H27NO2S/c1-6-16(7-2,20-5)11-17-12(3)13-8-9-14(18)15(10-13)19-4/h8-10,12,17-18H,6-7,11H2,1-5H3. The summed E-state index contributed by atoms with van der Waals surface area (Å²) >= 11 is 1.94. The summed E-state index contributed by atoms with van der Waals surface area (Å²) in [6.07, 6.45) is 4.50. The summed E-state index contributed by atoms with van der Waals surface area (Å²) in [7, 11) is 1.57. The van der Waals surface area contributed by atoms with Crippen LogP contribution in [0.3, 0.4) is 0 Å². The Bertz CT molecular complexity index is 411. The van der Waals surface area contributed by atoms with Gasteiger partial charge in [-0.05, 0) is 43.7 Å². The van der Waals surface area contributed by atoms with E-state index in [4.69, 9.17) is 4.74 Å². The minimum absolute atomic E-state index is 0.184. The fourth-order valence-corrected chi connectivity index (χ4v) is 3.09. The summed E-state index contributed by atoms with van der Waals surface area (Å²) in [6.45, 7) is 7.61. The number of thioether (sulfide) groups is 1. The number of benzene rings is 1. The molecule has 0 amide bonds. The molecule has 0 bridgehead atoms. The van der Waals surface area contributed by atoms with Crippen molar-refractivity contribution in [3.05, 3.63) is 23.8 Å². The SMILES string of the molecule is CCC(CC)(CNC(C)c1ccc(O)c(OC)c1)SC. The lowest BCUT2D eigenvalue weighted by Gasteiger charge is -2.31. The molecule has 0 radical (unpaired) electrons. The largest absolute Gasteiger partial charge is 0.504 e. The summed E-state index contributed by atoms with van der Waals surface area (Å²) in [4.78, 5) is 0. The van der Waals surface area contributed by atoms with Gasteiger partial charge in [0.15, 0.2) is 11.5 Å². The third kappa shape index (κ3) is 4.06. The molecule has 0 aliphatic rings. The number of hydrogen-bond acceptors (Lipinski definition) is 4. The third-order valence-electron chi connectivity index (χ3n) is 4.16. The number of ether oxygens (including phenoxy) is 1. The number of nitrogens with one attached hydrogen (secondary N) is 1. The van der Waals surface area contributed by atoms with Gasteiger partial charge in [-0.25, -0.2) is 0 Å².